The van der Waals surface area contributed by atoms with Crippen molar-refractivity contribution in [2.75, 3.05) is 33.3 Å². The first-order valence-corrected chi connectivity index (χ1v) is 9.28. The van der Waals surface area contributed by atoms with E-state index in [2.05, 4.69) is 10.2 Å². The first-order valence-electron chi connectivity index (χ1n) is 9.28. The Labute approximate surface area is 135 Å². The molecule has 126 valence electrons. The van der Waals surface area contributed by atoms with Crippen molar-refractivity contribution >= 4 is 5.97 Å². The quantitative estimate of drug-likeness (QED) is 0.765. The number of hydrogen-bond acceptors (Lipinski definition) is 4. The molecule has 3 rings (SSSR count). The summed E-state index contributed by atoms with van der Waals surface area (Å²) in [5, 5.41) is 3.77. The average molecular weight is 308 g/mol. The van der Waals surface area contributed by atoms with Gasteiger partial charge < -0.3 is 15.0 Å². The molecule has 3 aliphatic rings. The van der Waals surface area contributed by atoms with Gasteiger partial charge in [-0.3, -0.25) is 4.79 Å². The summed E-state index contributed by atoms with van der Waals surface area (Å²) in [6.45, 7) is 4.31. The Bertz CT molecular complexity index is 364. The molecule has 1 aliphatic heterocycles. The summed E-state index contributed by atoms with van der Waals surface area (Å²) < 4.78 is 5.01. The van der Waals surface area contributed by atoms with Gasteiger partial charge in [-0.1, -0.05) is 19.3 Å². The second-order valence-corrected chi connectivity index (χ2v) is 7.73. The fourth-order valence-corrected chi connectivity index (χ4v) is 4.21. The lowest BCUT2D eigenvalue weighted by molar-refractivity contribution is -0.147. The number of carbonyl (C=O) groups excluding carboxylic acids is 1. The molecule has 1 saturated heterocycles. The van der Waals surface area contributed by atoms with Gasteiger partial charge in [0.1, 0.15) is 0 Å². The highest BCUT2D eigenvalue weighted by Gasteiger charge is 2.35. The van der Waals surface area contributed by atoms with E-state index in [4.69, 9.17) is 4.74 Å². The monoisotopic (exact) mass is 308 g/mol. The van der Waals surface area contributed by atoms with Crippen molar-refractivity contribution in [2.24, 2.45) is 17.8 Å². The molecule has 1 N–H and O–H groups in total. The normalized spacial score (nSPS) is 31.1. The van der Waals surface area contributed by atoms with Crippen molar-refractivity contribution in [2.45, 2.75) is 57.4 Å². The molecule has 1 heterocycles. The zero-order chi connectivity index (χ0) is 15.4. The second-order valence-electron chi connectivity index (χ2n) is 7.73. The molecule has 3 fully saturated rings. The summed E-state index contributed by atoms with van der Waals surface area (Å²) in [7, 11) is 1.52. The van der Waals surface area contributed by atoms with E-state index in [1.54, 1.807) is 0 Å². The Morgan fingerprint density at radius 1 is 1.09 bits per heavy atom. The van der Waals surface area contributed by atoms with Gasteiger partial charge in [0, 0.05) is 25.7 Å². The summed E-state index contributed by atoms with van der Waals surface area (Å²) >= 11 is 0. The Hall–Kier alpha value is -0.610. The van der Waals surface area contributed by atoms with Gasteiger partial charge in [0.2, 0.25) is 0 Å². The number of ether oxygens (including phenoxy) is 1. The van der Waals surface area contributed by atoms with Crippen LogP contribution in [-0.2, 0) is 9.53 Å². The van der Waals surface area contributed by atoms with E-state index < -0.39 is 0 Å². The van der Waals surface area contributed by atoms with Crippen molar-refractivity contribution < 1.29 is 9.53 Å². The molecule has 4 nitrogen and oxygen atoms in total. The van der Waals surface area contributed by atoms with Crippen LogP contribution in [0.1, 0.15) is 51.4 Å². The van der Waals surface area contributed by atoms with Crippen LogP contribution in [0.15, 0.2) is 0 Å². The molecule has 2 aliphatic carbocycles. The third-order valence-electron chi connectivity index (χ3n) is 5.69. The second kappa shape index (κ2) is 7.78. The summed E-state index contributed by atoms with van der Waals surface area (Å²) in [6, 6.07) is 0.457. The minimum atomic E-state index is -0.0232. The number of methoxy groups -OCH3 is 1. The number of carbonyl (C=O) groups is 1. The van der Waals surface area contributed by atoms with Gasteiger partial charge in [-0.2, -0.15) is 0 Å². The highest BCUT2D eigenvalue weighted by Crippen LogP contribution is 2.31. The minimum Gasteiger partial charge on any atom is -0.469 e. The van der Waals surface area contributed by atoms with Gasteiger partial charge in [-0.05, 0) is 50.5 Å². The Balaban J connectivity index is 1.50. The molecule has 2 saturated carbocycles. The molecule has 2 atom stereocenters. The van der Waals surface area contributed by atoms with Crippen LogP contribution < -0.4 is 5.32 Å². The van der Waals surface area contributed by atoms with Gasteiger partial charge >= 0.3 is 5.97 Å². The van der Waals surface area contributed by atoms with Crippen molar-refractivity contribution in [3.63, 3.8) is 0 Å². The maximum atomic E-state index is 12.0. The van der Waals surface area contributed by atoms with Crippen LogP contribution in [0, 0.1) is 17.8 Å². The smallest absolute Gasteiger partial charge is 0.310 e. The van der Waals surface area contributed by atoms with Gasteiger partial charge in [0.15, 0.2) is 0 Å². The predicted molar refractivity (Wildman–Crippen MR) is 87.7 cm³/mol. The average Bonchev–Trinajstić information content (AvgIpc) is 3.37. The summed E-state index contributed by atoms with van der Waals surface area (Å²) in [5.74, 6) is 1.77. The minimum absolute atomic E-state index is 0.0232. The zero-order valence-electron chi connectivity index (χ0n) is 14.1. The Morgan fingerprint density at radius 3 is 2.55 bits per heavy atom. The van der Waals surface area contributed by atoms with Crippen LogP contribution in [0.3, 0.4) is 0 Å². The number of esters is 1. The summed E-state index contributed by atoms with van der Waals surface area (Å²) in [6.07, 6.45) is 10.7. The largest absolute Gasteiger partial charge is 0.469 e. The van der Waals surface area contributed by atoms with Crippen LogP contribution in [-0.4, -0.2) is 50.2 Å². The van der Waals surface area contributed by atoms with E-state index in [0.717, 1.165) is 37.9 Å². The van der Waals surface area contributed by atoms with Crippen LogP contribution >= 0.6 is 0 Å². The van der Waals surface area contributed by atoms with Crippen LogP contribution in [0.25, 0.3) is 0 Å². The first kappa shape index (κ1) is 16.3. The Morgan fingerprint density at radius 2 is 1.86 bits per heavy atom. The lowest BCUT2D eigenvalue weighted by Gasteiger charge is -2.38. The van der Waals surface area contributed by atoms with Crippen LogP contribution in [0.2, 0.25) is 0 Å². The first-order chi connectivity index (χ1) is 10.7. The number of hydrogen-bond donors (Lipinski definition) is 1. The van der Waals surface area contributed by atoms with E-state index in [1.165, 1.54) is 58.6 Å². The SMILES string of the molecule is COC(=O)C1CC(NCC2CCCCC2)CN(CC2CC2)C1. The Kier molecular flexibility index (Phi) is 5.75. The number of likely N-dealkylation sites (tertiary alicyclic amines) is 1. The maximum Gasteiger partial charge on any atom is 0.310 e. The topological polar surface area (TPSA) is 41.6 Å². The van der Waals surface area contributed by atoms with Crippen LogP contribution in [0.5, 0.6) is 0 Å². The van der Waals surface area contributed by atoms with Crippen molar-refractivity contribution in [3.05, 3.63) is 0 Å². The molecule has 0 bridgehead atoms. The molecule has 0 amide bonds. The van der Waals surface area contributed by atoms with E-state index in [9.17, 15) is 4.79 Å². The molecule has 0 spiro atoms. The number of nitrogens with zero attached hydrogens (tertiary/aromatic N) is 1. The standard InChI is InChI=1S/C18H32N2O2/c1-22-18(21)16-9-17(13-20(12-16)11-15-7-8-15)19-10-14-5-3-2-4-6-14/h14-17,19H,2-13H2,1H3. The number of nitrogens with one attached hydrogen (secondary N) is 1. The van der Waals surface area contributed by atoms with E-state index in [0.29, 0.717) is 6.04 Å². The third kappa shape index (κ3) is 4.69. The lowest BCUT2D eigenvalue weighted by atomic mass is 9.88. The molecule has 2 unspecified atom stereocenters. The highest BCUT2D eigenvalue weighted by molar-refractivity contribution is 5.72. The van der Waals surface area contributed by atoms with E-state index in [1.807, 2.05) is 0 Å². The summed E-state index contributed by atoms with van der Waals surface area (Å²) in [4.78, 5) is 14.5. The molecule has 22 heavy (non-hydrogen) atoms. The fraction of sp³-hybridized carbons (Fsp3) is 0.944. The third-order valence-corrected chi connectivity index (χ3v) is 5.69. The summed E-state index contributed by atoms with van der Waals surface area (Å²) in [5.41, 5.74) is 0. The molecule has 4 heteroatoms. The van der Waals surface area contributed by atoms with Crippen molar-refractivity contribution in [3.8, 4) is 0 Å². The van der Waals surface area contributed by atoms with Crippen LogP contribution in [0.4, 0.5) is 0 Å². The molecule has 0 aromatic carbocycles. The lowest BCUT2D eigenvalue weighted by Crippen LogP contribution is -2.52. The zero-order valence-corrected chi connectivity index (χ0v) is 14.1. The number of rotatable bonds is 6. The van der Waals surface area contributed by atoms with Gasteiger partial charge in [0.05, 0.1) is 13.0 Å². The molecule has 0 radical (unpaired) electrons. The van der Waals surface area contributed by atoms with Crippen molar-refractivity contribution in [1.82, 2.24) is 10.2 Å². The van der Waals surface area contributed by atoms with Gasteiger partial charge in [-0.25, -0.2) is 0 Å². The predicted octanol–water partition coefficient (Wildman–Crippen LogP) is 2.43. The van der Waals surface area contributed by atoms with Crippen molar-refractivity contribution in [1.29, 1.82) is 0 Å². The highest BCUT2D eigenvalue weighted by atomic mass is 16.5. The molecular formula is C18H32N2O2. The molecule has 0 aromatic heterocycles. The molecular weight excluding hydrogens is 276 g/mol. The number of piperidine rings is 1. The van der Waals surface area contributed by atoms with Gasteiger partial charge in [0.25, 0.3) is 0 Å². The maximum absolute atomic E-state index is 12.0. The van der Waals surface area contributed by atoms with E-state index in [-0.39, 0.29) is 11.9 Å². The molecule has 0 aromatic rings. The van der Waals surface area contributed by atoms with E-state index >= 15 is 0 Å². The van der Waals surface area contributed by atoms with Gasteiger partial charge in [-0.15, -0.1) is 0 Å². The fourth-order valence-electron chi connectivity index (χ4n) is 4.21.